The molecule has 4 nitrogen and oxygen atoms in total. The van der Waals surface area contributed by atoms with Crippen molar-refractivity contribution in [2.45, 2.75) is 32.8 Å². The fourth-order valence-electron chi connectivity index (χ4n) is 2.45. The summed E-state index contributed by atoms with van der Waals surface area (Å²) < 4.78 is 0. The lowest BCUT2D eigenvalue weighted by atomic mass is 10.1. The van der Waals surface area contributed by atoms with Crippen molar-refractivity contribution in [3.63, 3.8) is 0 Å². The van der Waals surface area contributed by atoms with E-state index in [0.717, 1.165) is 30.6 Å². The summed E-state index contributed by atoms with van der Waals surface area (Å²) in [5.74, 6) is -0.0113. The van der Waals surface area contributed by atoms with Crippen molar-refractivity contribution in [3.05, 3.63) is 29.3 Å². The zero-order chi connectivity index (χ0) is 13.8. The number of benzene rings is 1. The van der Waals surface area contributed by atoms with Gasteiger partial charge in [0, 0.05) is 12.2 Å². The van der Waals surface area contributed by atoms with Crippen LogP contribution < -0.4 is 5.32 Å². The molecule has 19 heavy (non-hydrogen) atoms. The molecule has 0 spiro atoms. The van der Waals surface area contributed by atoms with Crippen molar-refractivity contribution in [3.8, 4) is 0 Å². The predicted molar refractivity (Wildman–Crippen MR) is 76.2 cm³/mol. The Hall–Kier alpha value is -1.39. The van der Waals surface area contributed by atoms with Gasteiger partial charge in [-0.25, -0.2) is 0 Å². The van der Waals surface area contributed by atoms with Gasteiger partial charge in [-0.2, -0.15) is 0 Å². The molecular weight excluding hydrogens is 240 g/mol. The number of hydrogen-bond donors (Lipinski definition) is 2. The van der Waals surface area contributed by atoms with Crippen LogP contribution in [0.25, 0.3) is 0 Å². The minimum absolute atomic E-state index is 0.0113. The molecule has 4 heteroatoms. The first-order valence-electron chi connectivity index (χ1n) is 6.83. The van der Waals surface area contributed by atoms with Gasteiger partial charge in [-0.1, -0.05) is 12.1 Å². The summed E-state index contributed by atoms with van der Waals surface area (Å²) in [7, 11) is 0. The third kappa shape index (κ3) is 3.78. The summed E-state index contributed by atoms with van der Waals surface area (Å²) in [5, 5.41) is 12.5. The third-order valence-electron chi connectivity index (χ3n) is 3.73. The van der Waals surface area contributed by atoms with Crippen LogP contribution >= 0.6 is 0 Å². The molecule has 0 radical (unpaired) electrons. The van der Waals surface area contributed by atoms with Crippen molar-refractivity contribution in [2.24, 2.45) is 0 Å². The van der Waals surface area contributed by atoms with E-state index in [1.54, 1.807) is 0 Å². The molecule has 0 aromatic heterocycles. The SMILES string of the molecule is Cc1cccc(NC(=O)CN2CCC[C@H](O)C2)c1C. The molecule has 1 aromatic rings. The molecular formula is C15H22N2O2. The van der Waals surface area contributed by atoms with Gasteiger partial charge in [-0.05, 0) is 50.4 Å². The second-order valence-corrected chi connectivity index (χ2v) is 5.33. The number of aliphatic hydroxyl groups excluding tert-OH is 1. The molecule has 0 aliphatic carbocycles. The number of likely N-dealkylation sites (tertiary alicyclic amines) is 1. The Morgan fingerprint density at radius 2 is 2.26 bits per heavy atom. The topological polar surface area (TPSA) is 52.6 Å². The van der Waals surface area contributed by atoms with Gasteiger partial charge in [-0.3, -0.25) is 9.69 Å². The van der Waals surface area contributed by atoms with Crippen LogP contribution in [0.5, 0.6) is 0 Å². The van der Waals surface area contributed by atoms with Crippen molar-refractivity contribution >= 4 is 11.6 Å². The number of anilines is 1. The molecule has 1 atom stereocenters. The highest BCUT2D eigenvalue weighted by atomic mass is 16.3. The molecule has 104 valence electrons. The maximum absolute atomic E-state index is 12.0. The maximum atomic E-state index is 12.0. The lowest BCUT2D eigenvalue weighted by molar-refractivity contribution is -0.118. The standard InChI is InChI=1S/C15H22N2O2/c1-11-5-3-7-14(12(11)2)16-15(19)10-17-8-4-6-13(18)9-17/h3,5,7,13,18H,4,6,8-10H2,1-2H3,(H,16,19)/t13-/m0/s1. The summed E-state index contributed by atoms with van der Waals surface area (Å²) in [6.07, 6.45) is 1.51. The van der Waals surface area contributed by atoms with Crippen LogP contribution in [0.3, 0.4) is 0 Å². The zero-order valence-corrected chi connectivity index (χ0v) is 11.6. The summed E-state index contributed by atoms with van der Waals surface area (Å²) in [4.78, 5) is 14.0. The molecule has 1 aliphatic heterocycles. The fourth-order valence-corrected chi connectivity index (χ4v) is 2.45. The van der Waals surface area contributed by atoms with E-state index in [1.165, 1.54) is 5.56 Å². The van der Waals surface area contributed by atoms with Crippen LogP contribution in [0.4, 0.5) is 5.69 Å². The Bertz CT molecular complexity index is 459. The monoisotopic (exact) mass is 262 g/mol. The number of aryl methyl sites for hydroxylation is 1. The number of hydrogen-bond acceptors (Lipinski definition) is 3. The average molecular weight is 262 g/mol. The van der Waals surface area contributed by atoms with Crippen molar-refractivity contribution in [1.82, 2.24) is 4.90 Å². The number of nitrogens with zero attached hydrogens (tertiary/aromatic N) is 1. The molecule has 1 aliphatic rings. The Kier molecular flexibility index (Phi) is 4.56. The van der Waals surface area contributed by atoms with Crippen LogP contribution in [0, 0.1) is 13.8 Å². The van der Waals surface area contributed by atoms with Gasteiger partial charge in [0.2, 0.25) is 5.91 Å². The van der Waals surface area contributed by atoms with Gasteiger partial charge in [0.25, 0.3) is 0 Å². The maximum Gasteiger partial charge on any atom is 0.238 e. The van der Waals surface area contributed by atoms with E-state index >= 15 is 0 Å². The number of piperidine rings is 1. The minimum Gasteiger partial charge on any atom is -0.392 e. The molecule has 1 heterocycles. The molecule has 2 rings (SSSR count). The minimum atomic E-state index is -0.290. The quantitative estimate of drug-likeness (QED) is 0.871. The van der Waals surface area contributed by atoms with Crippen LogP contribution in [0.1, 0.15) is 24.0 Å². The fraction of sp³-hybridized carbons (Fsp3) is 0.533. The van der Waals surface area contributed by atoms with E-state index in [9.17, 15) is 9.90 Å². The molecule has 0 saturated carbocycles. The van der Waals surface area contributed by atoms with Crippen molar-refractivity contribution in [1.29, 1.82) is 0 Å². The van der Waals surface area contributed by atoms with Crippen LogP contribution in [-0.2, 0) is 4.79 Å². The Morgan fingerprint density at radius 1 is 1.47 bits per heavy atom. The number of β-amino-alcohol motifs (C(OH)–C–C–N with tert-alkyl or cyclic N) is 1. The Morgan fingerprint density at radius 3 is 3.00 bits per heavy atom. The number of rotatable bonds is 3. The second kappa shape index (κ2) is 6.17. The van der Waals surface area contributed by atoms with Gasteiger partial charge >= 0.3 is 0 Å². The zero-order valence-electron chi connectivity index (χ0n) is 11.6. The predicted octanol–water partition coefficient (Wildman–Crippen LogP) is 1.70. The highest BCUT2D eigenvalue weighted by Crippen LogP contribution is 2.18. The van der Waals surface area contributed by atoms with Crippen LogP contribution in [0.15, 0.2) is 18.2 Å². The molecule has 1 aromatic carbocycles. The average Bonchev–Trinajstić information content (AvgIpc) is 2.35. The molecule has 0 bridgehead atoms. The molecule has 1 saturated heterocycles. The van der Waals surface area contributed by atoms with Gasteiger partial charge < -0.3 is 10.4 Å². The first-order valence-corrected chi connectivity index (χ1v) is 6.83. The first kappa shape index (κ1) is 14.0. The molecule has 1 amide bonds. The van der Waals surface area contributed by atoms with Gasteiger partial charge in [0.1, 0.15) is 0 Å². The van der Waals surface area contributed by atoms with E-state index in [0.29, 0.717) is 13.1 Å². The van der Waals surface area contributed by atoms with E-state index in [-0.39, 0.29) is 12.0 Å². The largest absolute Gasteiger partial charge is 0.392 e. The number of carbonyl (C=O) groups is 1. The van der Waals surface area contributed by atoms with Crippen LogP contribution in [0.2, 0.25) is 0 Å². The highest BCUT2D eigenvalue weighted by Gasteiger charge is 2.19. The summed E-state index contributed by atoms with van der Waals surface area (Å²) in [5.41, 5.74) is 3.16. The van der Waals surface area contributed by atoms with E-state index in [2.05, 4.69) is 5.32 Å². The number of aliphatic hydroxyl groups is 1. The van der Waals surface area contributed by atoms with Gasteiger partial charge in [0.05, 0.1) is 12.6 Å². The first-order chi connectivity index (χ1) is 9.06. The summed E-state index contributed by atoms with van der Waals surface area (Å²) in [6, 6.07) is 5.90. The highest BCUT2D eigenvalue weighted by molar-refractivity contribution is 5.93. The lowest BCUT2D eigenvalue weighted by Gasteiger charge is -2.29. The van der Waals surface area contributed by atoms with Gasteiger partial charge in [0.15, 0.2) is 0 Å². The Labute approximate surface area is 114 Å². The number of nitrogens with one attached hydrogen (secondary N) is 1. The Balaban J connectivity index is 1.92. The smallest absolute Gasteiger partial charge is 0.238 e. The molecule has 1 fully saturated rings. The van der Waals surface area contributed by atoms with E-state index in [4.69, 9.17) is 0 Å². The van der Waals surface area contributed by atoms with E-state index < -0.39 is 0 Å². The molecule has 2 N–H and O–H groups in total. The normalized spacial score (nSPS) is 20.3. The number of amides is 1. The van der Waals surface area contributed by atoms with Crippen LogP contribution in [-0.4, -0.2) is 41.7 Å². The van der Waals surface area contributed by atoms with Gasteiger partial charge in [-0.15, -0.1) is 0 Å². The lowest BCUT2D eigenvalue weighted by Crippen LogP contribution is -2.42. The summed E-state index contributed by atoms with van der Waals surface area (Å²) >= 11 is 0. The summed E-state index contributed by atoms with van der Waals surface area (Å²) in [6.45, 7) is 5.88. The second-order valence-electron chi connectivity index (χ2n) is 5.33. The molecule has 0 unspecified atom stereocenters. The van der Waals surface area contributed by atoms with Crippen molar-refractivity contribution in [2.75, 3.05) is 25.0 Å². The third-order valence-corrected chi connectivity index (χ3v) is 3.73. The van der Waals surface area contributed by atoms with Crippen molar-refractivity contribution < 1.29 is 9.90 Å². The number of carbonyl (C=O) groups excluding carboxylic acids is 1. The van der Waals surface area contributed by atoms with E-state index in [1.807, 2.05) is 36.9 Å².